The van der Waals surface area contributed by atoms with Gasteiger partial charge in [0.15, 0.2) is 0 Å². The average Bonchev–Trinajstić information content (AvgIpc) is 2.65. The zero-order valence-corrected chi connectivity index (χ0v) is 7.44. The molecule has 0 unspecified atom stereocenters. The van der Waals surface area contributed by atoms with Crippen LogP contribution in [-0.4, -0.2) is 34.3 Å². The molecule has 0 aliphatic heterocycles. The van der Waals surface area contributed by atoms with E-state index in [4.69, 9.17) is 5.84 Å². The van der Waals surface area contributed by atoms with Crippen molar-refractivity contribution in [3.05, 3.63) is 12.7 Å². The number of aromatic nitrogens is 3. The van der Waals surface area contributed by atoms with Gasteiger partial charge in [-0.3, -0.25) is 10.4 Å². The van der Waals surface area contributed by atoms with Crippen molar-refractivity contribution >= 4 is 5.96 Å². The van der Waals surface area contributed by atoms with Crippen molar-refractivity contribution in [2.45, 2.75) is 6.54 Å². The van der Waals surface area contributed by atoms with Crippen molar-refractivity contribution < 1.29 is 0 Å². The number of guanidine groups is 1. The highest BCUT2D eigenvalue weighted by atomic mass is 15.3. The van der Waals surface area contributed by atoms with Crippen LogP contribution in [0.1, 0.15) is 0 Å². The van der Waals surface area contributed by atoms with Gasteiger partial charge in [-0.05, 0) is 0 Å². The van der Waals surface area contributed by atoms with Crippen molar-refractivity contribution in [3.8, 4) is 0 Å². The highest BCUT2D eigenvalue weighted by Crippen LogP contribution is 1.79. The van der Waals surface area contributed by atoms with Gasteiger partial charge in [-0.1, -0.05) is 0 Å². The Morgan fingerprint density at radius 1 is 1.54 bits per heavy atom. The van der Waals surface area contributed by atoms with Crippen LogP contribution in [0.4, 0.5) is 0 Å². The van der Waals surface area contributed by atoms with E-state index in [0.29, 0.717) is 5.96 Å². The summed E-state index contributed by atoms with van der Waals surface area (Å²) in [5.74, 6) is 5.73. The lowest BCUT2D eigenvalue weighted by Crippen LogP contribution is -2.42. The van der Waals surface area contributed by atoms with Gasteiger partial charge in [0, 0.05) is 20.1 Å². The molecule has 1 aromatic heterocycles. The molecule has 0 aromatic carbocycles. The molecular formula is C6H13N7. The lowest BCUT2D eigenvalue weighted by atomic mass is 10.6. The Bertz CT molecular complexity index is 252. The Kier molecular flexibility index (Phi) is 3.71. The number of nitrogens with zero attached hydrogens (tertiary/aromatic N) is 4. The number of rotatable bonds is 3. The largest absolute Gasteiger partial charge is 0.354 e. The van der Waals surface area contributed by atoms with Gasteiger partial charge in [0.1, 0.15) is 12.7 Å². The fourth-order valence-corrected chi connectivity index (χ4v) is 0.836. The zero-order valence-electron chi connectivity index (χ0n) is 7.44. The first-order chi connectivity index (χ1) is 6.36. The minimum atomic E-state index is 0.563. The molecule has 1 aromatic rings. The van der Waals surface area contributed by atoms with Crippen LogP contribution in [-0.2, 0) is 6.54 Å². The monoisotopic (exact) mass is 183 g/mol. The van der Waals surface area contributed by atoms with Crippen LogP contribution in [0.25, 0.3) is 0 Å². The molecule has 1 rings (SSSR count). The molecular weight excluding hydrogens is 170 g/mol. The van der Waals surface area contributed by atoms with Crippen LogP contribution >= 0.6 is 0 Å². The third-order valence-electron chi connectivity index (χ3n) is 1.49. The van der Waals surface area contributed by atoms with Crippen molar-refractivity contribution in [2.75, 3.05) is 13.6 Å². The van der Waals surface area contributed by atoms with Crippen LogP contribution in [0, 0.1) is 0 Å². The average molecular weight is 183 g/mol. The first kappa shape index (κ1) is 9.46. The maximum absolute atomic E-state index is 5.17. The summed E-state index contributed by atoms with van der Waals surface area (Å²) in [6, 6.07) is 0. The van der Waals surface area contributed by atoms with E-state index in [2.05, 4.69) is 25.9 Å². The molecule has 0 aliphatic carbocycles. The van der Waals surface area contributed by atoms with E-state index < -0.39 is 0 Å². The number of hydrogen-bond acceptors (Lipinski definition) is 4. The molecule has 13 heavy (non-hydrogen) atoms. The maximum atomic E-state index is 5.17. The Balaban J connectivity index is 2.21. The lowest BCUT2D eigenvalue weighted by Gasteiger charge is -2.07. The zero-order chi connectivity index (χ0) is 9.52. The number of aliphatic imine (C=N–C) groups is 1. The van der Waals surface area contributed by atoms with E-state index in [1.165, 1.54) is 0 Å². The standard InChI is InChI=1S/C6H13N7/c1-8-6(12-7)9-2-3-13-4-10-11-5-13/h4-5H,2-3,7H2,1H3,(H2,8,9,12). The number of hydrogen-bond donors (Lipinski definition) is 3. The molecule has 0 atom stereocenters. The Morgan fingerprint density at radius 2 is 2.23 bits per heavy atom. The van der Waals surface area contributed by atoms with Crippen molar-refractivity contribution in [1.29, 1.82) is 0 Å². The van der Waals surface area contributed by atoms with Crippen molar-refractivity contribution in [3.63, 3.8) is 0 Å². The summed E-state index contributed by atoms with van der Waals surface area (Å²) in [6.07, 6.45) is 3.31. The predicted molar refractivity (Wildman–Crippen MR) is 48.7 cm³/mol. The van der Waals surface area contributed by atoms with Gasteiger partial charge in [0.05, 0.1) is 0 Å². The number of nitrogens with two attached hydrogens (primary N) is 1. The fourth-order valence-electron chi connectivity index (χ4n) is 0.836. The van der Waals surface area contributed by atoms with E-state index in [1.807, 2.05) is 4.57 Å². The van der Waals surface area contributed by atoms with Gasteiger partial charge in [0.25, 0.3) is 0 Å². The number of hydrazine groups is 1. The highest BCUT2D eigenvalue weighted by molar-refractivity contribution is 5.78. The molecule has 0 radical (unpaired) electrons. The van der Waals surface area contributed by atoms with Crippen LogP contribution in [0.5, 0.6) is 0 Å². The van der Waals surface area contributed by atoms with Gasteiger partial charge in [-0.2, -0.15) is 0 Å². The second-order valence-electron chi connectivity index (χ2n) is 2.34. The minimum Gasteiger partial charge on any atom is -0.354 e. The normalized spacial score (nSPS) is 11.4. The Labute approximate surface area is 76.0 Å². The van der Waals surface area contributed by atoms with Crippen LogP contribution in [0.2, 0.25) is 0 Å². The summed E-state index contributed by atoms with van der Waals surface area (Å²) in [6.45, 7) is 1.49. The Morgan fingerprint density at radius 3 is 2.77 bits per heavy atom. The third-order valence-corrected chi connectivity index (χ3v) is 1.49. The first-order valence-corrected chi connectivity index (χ1v) is 3.86. The van der Waals surface area contributed by atoms with Crippen LogP contribution < -0.4 is 16.6 Å². The molecule has 0 aliphatic rings. The first-order valence-electron chi connectivity index (χ1n) is 3.86. The predicted octanol–water partition coefficient (Wildman–Crippen LogP) is -1.68. The molecule has 1 heterocycles. The summed E-state index contributed by atoms with van der Waals surface area (Å²) in [7, 11) is 1.65. The van der Waals surface area contributed by atoms with Gasteiger partial charge in [-0.15, -0.1) is 10.2 Å². The molecule has 0 bridgehead atoms. The number of nitrogens with one attached hydrogen (secondary N) is 2. The molecule has 7 nitrogen and oxygen atoms in total. The summed E-state index contributed by atoms with van der Waals surface area (Å²) in [5, 5.41) is 10.3. The molecule has 0 amide bonds. The molecule has 0 saturated carbocycles. The molecule has 0 fully saturated rings. The summed E-state index contributed by atoms with van der Waals surface area (Å²) in [5.41, 5.74) is 2.43. The lowest BCUT2D eigenvalue weighted by molar-refractivity contribution is 0.662. The quantitative estimate of drug-likeness (QED) is 0.225. The van der Waals surface area contributed by atoms with Crippen molar-refractivity contribution in [1.82, 2.24) is 25.5 Å². The van der Waals surface area contributed by atoms with E-state index in [1.54, 1.807) is 19.7 Å². The van der Waals surface area contributed by atoms with Gasteiger partial charge in [-0.25, -0.2) is 5.84 Å². The molecule has 72 valence electrons. The topological polar surface area (TPSA) is 93.2 Å². The smallest absolute Gasteiger partial charge is 0.205 e. The second kappa shape index (κ2) is 5.09. The van der Waals surface area contributed by atoms with E-state index in [-0.39, 0.29) is 0 Å². The Hall–Kier alpha value is -1.63. The summed E-state index contributed by atoms with van der Waals surface area (Å²) < 4.78 is 1.86. The molecule has 7 heteroatoms. The minimum absolute atomic E-state index is 0.563. The van der Waals surface area contributed by atoms with E-state index in [9.17, 15) is 0 Å². The van der Waals surface area contributed by atoms with Crippen LogP contribution in [0.15, 0.2) is 17.6 Å². The maximum Gasteiger partial charge on any atom is 0.205 e. The molecule has 0 spiro atoms. The second-order valence-corrected chi connectivity index (χ2v) is 2.34. The fraction of sp³-hybridized carbons (Fsp3) is 0.500. The highest BCUT2D eigenvalue weighted by Gasteiger charge is 1.93. The van der Waals surface area contributed by atoms with Gasteiger partial charge in [0.2, 0.25) is 5.96 Å². The third kappa shape index (κ3) is 3.08. The van der Waals surface area contributed by atoms with Gasteiger partial charge < -0.3 is 9.88 Å². The molecule has 0 saturated heterocycles. The van der Waals surface area contributed by atoms with Gasteiger partial charge >= 0.3 is 0 Å². The summed E-state index contributed by atoms with van der Waals surface area (Å²) >= 11 is 0. The summed E-state index contributed by atoms with van der Waals surface area (Å²) in [4.78, 5) is 3.85. The van der Waals surface area contributed by atoms with Crippen molar-refractivity contribution in [2.24, 2.45) is 10.8 Å². The van der Waals surface area contributed by atoms with Crippen LogP contribution in [0.3, 0.4) is 0 Å². The SMILES string of the molecule is CN=C(NN)NCCn1cnnc1. The van der Waals surface area contributed by atoms with E-state index in [0.717, 1.165) is 13.1 Å². The van der Waals surface area contributed by atoms with E-state index >= 15 is 0 Å². The molecule has 4 N–H and O–H groups in total.